The maximum Gasteiger partial charge on any atom is 0.0544 e. The summed E-state index contributed by atoms with van der Waals surface area (Å²) in [7, 11) is 0. The maximum atomic E-state index is 5.96. The number of anilines is 1. The second-order valence-electron chi connectivity index (χ2n) is 6.16. The summed E-state index contributed by atoms with van der Waals surface area (Å²) in [6.07, 6.45) is 4.49. The largest absolute Gasteiger partial charge is 0.399 e. The van der Waals surface area contributed by atoms with Gasteiger partial charge in [0, 0.05) is 36.9 Å². The van der Waals surface area contributed by atoms with Crippen molar-refractivity contribution < 1.29 is 0 Å². The van der Waals surface area contributed by atoms with Crippen molar-refractivity contribution in [3.05, 3.63) is 59.4 Å². The fourth-order valence-corrected chi connectivity index (χ4v) is 3.48. The zero-order valence-corrected chi connectivity index (χ0v) is 11.5. The Kier molecular flexibility index (Phi) is 2.57. The topological polar surface area (TPSA) is 42.1 Å². The zero-order valence-electron chi connectivity index (χ0n) is 11.5. The van der Waals surface area contributed by atoms with Crippen LogP contribution in [0.2, 0.25) is 0 Å². The van der Waals surface area contributed by atoms with Crippen LogP contribution >= 0.6 is 0 Å². The Morgan fingerprint density at radius 3 is 2.85 bits per heavy atom. The number of hydrogen-bond acceptors (Lipinski definition) is 3. The smallest absolute Gasteiger partial charge is 0.0544 e. The van der Waals surface area contributed by atoms with Crippen molar-refractivity contribution in [2.24, 2.45) is 0 Å². The van der Waals surface area contributed by atoms with E-state index in [0.29, 0.717) is 5.41 Å². The molecule has 2 aromatic rings. The summed E-state index contributed by atoms with van der Waals surface area (Å²) >= 11 is 0. The molecule has 2 heterocycles. The standard InChI is InChI=1S/C17H19N3/c18-14-4-5-16-13(9-14)10-20(12-17(16)6-7-17)11-15-3-1-2-8-19-15/h1-5,8-9H,6-7,10-12,18H2. The van der Waals surface area contributed by atoms with E-state index in [-0.39, 0.29) is 0 Å². The van der Waals surface area contributed by atoms with Crippen LogP contribution in [0.5, 0.6) is 0 Å². The van der Waals surface area contributed by atoms with Gasteiger partial charge in [-0.05, 0) is 48.2 Å². The van der Waals surface area contributed by atoms with E-state index in [9.17, 15) is 0 Å². The first-order valence-electron chi connectivity index (χ1n) is 7.26. The Morgan fingerprint density at radius 1 is 1.20 bits per heavy atom. The van der Waals surface area contributed by atoms with Gasteiger partial charge in [0.25, 0.3) is 0 Å². The van der Waals surface area contributed by atoms with Gasteiger partial charge in [-0.3, -0.25) is 9.88 Å². The van der Waals surface area contributed by atoms with Crippen LogP contribution in [0.25, 0.3) is 0 Å². The number of benzene rings is 1. The lowest BCUT2D eigenvalue weighted by Gasteiger charge is -2.35. The second-order valence-corrected chi connectivity index (χ2v) is 6.16. The van der Waals surface area contributed by atoms with Crippen LogP contribution < -0.4 is 5.73 Å². The molecule has 1 saturated carbocycles. The van der Waals surface area contributed by atoms with Gasteiger partial charge in [-0.1, -0.05) is 12.1 Å². The van der Waals surface area contributed by atoms with Gasteiger partial charge < -0.3 is 5.73 Å². The van der Waals surface area contributed by atoms with Crippen LogP contribution in [0.4, 0.5) is 5.69 Å². The normalized spacial score (nSPS) is 19.8. The molecule has 1 aromatic heterocycles. The first-order valence-corrected chi connectivity index (χ1v) is 7.26. The quantitative estimate of drug-likeness (QED) is 0.849. The maximum absolute atomic E-state index is 5.96. The monoisotopic (exact) mass is 265 g/mol. The predicted molar refractivity (Wildman–Crippen MR) is 80.1 cm³/mol. The molecule has 0 atom stereocenters. The van der Waals surface area contributed by atoms with Crippen molar-refractivity contribution in [2.75, 3.05) is 12.3 Å². The number of aromatic nitrogens is 1. The zero-order chi connectivity index (χ0) is 13.6. The van der Waals surface area contributed by atoms with Gasteiger partial charge in [0.15, 0.2) is 0 Å². The van der Waals surface area contributed by atoms with Crippen molar-refractivity contribution in [3.8, 4) is 0 Å². The van der Waals surface area contributed by atoms with Crippen LogP contribution in [0.3, 0.4) is 0 Å². The van der Waals surface area contributed by atoms with Crippen LogP contribution in [0.1, 0.15) is 29.7 Å². The summed E-state index contributed by atoms with van der Waals surface area (Å²) in [5, 5.41) is 0. The first-order chi connectivity index (χ1) is 9.75. The summed E-state index contributed by atoms with van der Waals surface area (Å²) in [6.45, 7) is 3.07. The van der Waals surface area contributed by atoms with Gasteiger partial charge in [0.1, 0.15) is 0 Å². The highest BCUT2D eigenvalue weighted by molar-refractivity contribution is 5.50. The molecule has 102 valence electrons. The highest BCUT2D eigenvalue weighted by atomic mass is 15.2. The van der Waals surface area contributed by atoms with Crippen molar-refractivity contribution in [1.29, 1.82) is 0 Å². The molecule has 1 aliphatic carbocycles. The summed E-state index contributed by atoms with van der Waals surface area (Å²) in [5.74, 6) is 0. The molecule has 2 N–H and O–H groups in total. The highest BCUT2D eigenvalue weighted by Crippen LogP contribution is 2.52. The third kappa shape index (κ3) is 1.98. The lowest BCUT2D eigenvalue weighted by atomic mass is 9.86. The minimum Gasteiger partial charge on any atom is -0.399 e. The van der Waals surface area contributed by atoms with Crippen molar-refractivity contribution in [3.63, 3.8) is 0 Å². The second kappa shape index (κ2) is 4.32. The fourth-order valence-electron chi connectivity index (χ4n) is 3.48. The van der Waals surface area contributed by atoms with Gasteiger partial charge in [0.05, 0.1) is 5.69 Å². The molecule has 0 bridgehead atoms. The van der Waals surface area contributed by atoms with E-state index < -0.39 is 0 Å². The van der Waals surface area contributed by atoms with E-state index in [1.807, 2.05) is 18.3 Å². The molecule has 4 rings (SSSR count). The van der Waals surface area contributed by atoms with Crippen molar-refractivity contribution in [1.82, 2.24) is 9.88 Å². The van der Waals surface area contributed by atoms with Crippen LogP contribution in [-0.2, 0) is 18.5 Å². The SMILES string of the molecule is Nc1ccc2c(c1)CN(Cc1ccccn1)CC21CC1. The highest BCUT2D eigenvalue weighted by Gasteiger charge is 2.48. The Balaban J connectivity index is 1.63. The van der Waals surface area contributed by atoms with Gasteiger partial charge in [-0.25, -0.2) is 0 Å². The third-order valence-electron chi connectivity index (χ3n) is 4.59. The molecule has 1 aliphatic heterocycles. The molecule has 0 unspecified atom stereocenters. The number of nitrogens with zero attached hydrogens (tertiary/aromatic N) is 2. The number of nitrogen functional groups attached to an aromatic ring is 1. The van der Waals surface area contributed by atoms with Gasteiger partial charge in [-0.2, -0.15) is 0 Å². The third-order valence-corrected chi connectivity index (χ3v) is 4.59. The minimum absolute atomic E-state index is 0.399. The number of nitrogens with two attached hydrogens (primary N) is 1. The fraction of sp³-hybridized carbons (Fsp3) is 0.353. The van der Waals surface area contributed by atoms with Gasteiger partial charge >= 0.3 is 0 Å². The van der Waals surface area contributed by atoms with Crippen LogP contribution in [0.15, 0.2) is 42.6 Å². The molecular formula is C17H19N3. The van der Waals surface area contributed by atoms with E-state index >= 15 is 0 Å². The van der Waals surface area contributed by atoms with E-state index in [0.717, 1.165) is 31.0 Å². The lowest BCUT2D eigenvalue weighted by Crippen LogP contribution is -2.37. The van der Waals surface area contributed by atoms with Gasteiger partial charge in [-0.15, -0.1) is 0 Å². The Labute approximate surface area is 119 Å². The molecule has 1 aromatic carbocycles. The lowest BCUT2D eigenvalue weighted by molar-refractivity contribution is 0.211. The Morgan fingerprint density at radius 2 is 2.10 bits per heavy atom. The molecule has 20 heavy (non-hydrogen) atoms. The molecule has 2 aliphatic rings. The van der Waals surface area contributed by atoms with Crippen molar-refractivity contribution in [2.45, 2.75) is 31.3 Å². The molecule has 3 heteroatoms. The summed E-state index contributed by atoms with van der Waals surface area (Å²) in [5.41, 5.74) is 11.3. The molecule has 0 amide bonds. The molecule has 1 fully saturated rings. The number of rotatable bonds is 2. The molecular weight excluding hydrogens is 246 g/mol. The summed E-state index contributed by atoms with van der Waals surface area (Å²) in [6, 6.07) is 12.6. The van der Waals surface area contributed by atoms with Crippen molar-refractivity contribution >= 4 is 5.69 Å². The molecule has 0 saturated heterocycles. The summed E-state index contributed by atoms with van der Waals surface area (Å²) < 4.78 is 0. The molecule has 3 nitrogen and oxygen atoms in total. The Hall–Kier alpha value is -1.87. The minimum atomic E-state index is 0.399. The van der Waals surface area contributed by atoms with Gasteiger partial charge in [0.2, 0.25) is 0 Å². The number of hydrogen-bond donors (Lipinski definition) is 1. The Bertz CT molecular complexity index is 632. The summed E-state index contributed by atoms with van der Waals surface area (Å²) in [4.78, 5) is 6.96. The number of pyridine rings is 1. The van der Waals surface area contributed by atoms with E-state index in [1.165, 1.54) is 24.0 Å². The first kappa shape index (κ1) is 11.9. The van der Waals surface area contributed by atoms with E-state index in [1.54, 1.807) is 0 Å². The number of fused-ring (bicyclic) bond motifs is 2. The average molecular weight is 265 g/mol. The van der Waals surface area contributed by atoms with E-state index in [4.69, 9.17) is 5.73 Å². The van der Waals surface area contributed by atoms with E-state index in [2.05, 4.69) is 34.1 Å². The van der Waals surface area contributed by atoms with Crippen LogP contribution in [-0.4, -0.2) is 16.4 Å². The van der Waals surface area contributed by atoms with Crippen LogP contribution in [0, 0.1) is 0 Å². The average Bonchev–Trinajstić information content (AvgIpc) is 3.19. The predicted octanol–water partition coefficient (Wildman–Crippen LogP) is 2.71. The molecule has 1 spiro atoms. The molecule has 0 radical (unpaired) electrons.